The number of aromatic nitrogens is 3. The third kappa shape index (κ3) is 3.07. The van der Waals surface area contributed by atoms with Crippen molar-refractivity contribution in [1.29, 1.82) is 0 Å². The lowest BCUT2D eigenvalue weighted by molar-refractivity contribution is 0.0388. The second kappa shape index (κ2) is 5.95. The fourth-order valence-corrected chi connectivity index (χ4v) is 1.56. The molecule has 1 unspecified atom stereocenters. The number of ether oxygens (including phenoxy) is 1. The van der Waals surface area contributed by atoms with E-state index in [-0.39, 0.29) is 6.10 Å². The van der Waals surface area contributed by atoms with E-state index >= 15 is 0 Å². The Balaban J connectivity index is 2.10. The minimum Gasteiger partial charge on any atom is -0.455 e. The Hall–Kier alpha value is -2.43. The summed E-state index contributed by atoms with van der Waals surface area (Å²) in [6.07, 6.45) is 8.64. The van der Waals surface area contributed by atoms with Gasteiger partial charge in [-0.2, -0.15) is 0 Å². The zero-order valence-corrected chi connectivity index (χ0v) is 10.7. The smallest absolute Gasteiger partial charge is 0.340 e. The van der Waals surface area contributed by atoms with Crippen LogP contribution in [-0.2, 0) is 4.74 Å². The van der Waals surface area contributed by atoms with E-state index in [2.05, 4.69) is 16.5 Å². The van der Waals surface area contributed by atoms with Gasteiger partial charge in [-0.25, -0.2) is 14.8 Å². The van der Waals surface area contributed by atoms with Crippen LogP contribution in [-0.4, -0.2) is 26.6 Å². The number of esters is 1. The maximum atomic E-state index is 11.8. The molecule has 19 heavy (non-hydrogen) atoms. The molecular weight excluding hydrogens is 242 g/mol. The summed E-state index contributed by atoms with van der Waals surface area (Å²) < 4.78 is 7.01. The summed E-state index contributed by atoms with van der Waals surface area (Å²) in [6.45, 7) is 5.55. The Labute approximate surface area is 111 Å². The van der Waals surface area contributed by atoms with Crippen LogP contribution in [0, 0.1) is 0 Å². The molecule has 2 aromatic rings. The average molecular weight is 257 g/mol. The Morgan fingerprint density at radius 1 is 1.58 bits per heavy atom. The van der Waals surface area contributed by atoms with E-state index in [0.717, 1.165) is 0 Å². The summed E-state index contributed by atoms with van der Waals surface area (Å²) in [6, 6.07) is 3.42. The maximum absolute atomic E-state index is 11.8. The molecule has 0 saturated heterocycles. The average Bonchev–Trinajstić information content (AvgIpc) is 2.99. The fraction of sp³-hybridized carbons (Fsp3) is 0.214. The molecule has 0 radical (unpaired) electrons. The van der Waals surface area contributed by atoms with Gasteiger partial charge in [0.2, 0.25) is 0 Å². The van der Waals surface area contributed by atoms with Gasteiger partial charge in [0.05, 0.1) is 5.56 Å². The third-order valence-corrected chi connectivity index (χ3v) is 2.68. The van der Waals surface area contributed by atoms with Crippen molar-refractivity contribution in [3.63, 3.8) is 0 Å². The van der Waals surface area contributed by atoms with E-state index in [4.69, 9.17) is 4.74 Å². The van der Waals surface area contributed by atoms with Crippen LogP contribution in [0.15, 0.2) is 49.7 Å². The highest BCUT2D eigenvalue weighted by molar-refractivity contribution is 5.89. The number of imidazole rings is 1. The summed E-state index contributed by atoms with van der Waals surface area (Å²) in [7, 11) is 0. The Kier molecular flexibility index (Phi) is 4.07. The van der Waals surface area contributed by atoms with Gasteiger partial charge in [-0.1, -0.05) is 19.6 Å². The lowest BCUT2D eigenvalue weighted by Crippen LogP contribution is -2.15. The summed E-state index contributed by atoms with van der Waals surface area (Å²) in [5, 5.41) is 0. The van der Waals surface area contributed by atoms with Crippen molar-refractivity contribution < 1.29 is 9.53 Å². The van der Waals surface area contributed by atoms with Crippen molar-refractivity contribution >= 4 is 5.97 Å². The normalized spacial score (nSPS) is 11.8. The second-order valence-electron chi connectivity index (χ2n) is 3.96. The minimum atomic E-state index is -0.392. The predicted octanol–water partition coefficient (Wildman–Crippen LogP) is 2.39. The fourth-order valence-electron chi connectivity index (χ4n) is 1.56. The van der Waals surface area contributed by atoms with Crippen LogP contribution in [0.1, 0.15) is 23.7 Å². The van der Waals surface area contributed by atoms with Gasteiger partial charge in [0.25, 0.3) is 0 Å². The topological polar surface area (TPSA) is 57.0 Å². The highest BCUT2D eigenvalue weighted by Crippen LogP contribution is 2.09. The molecule has 98 valence electrons. The van der Waals surface area contributed by atoms with Gasteiger partial charge in [0.1, 0.15) is 18.2 Å². The molecule has 0 spiro atoms. The second-order valence-corrected chi connectivity index (χ2v) is 3.96. The van der Waals surface area contributed by atoms with Gasteiger partial charge in [-0.15, -0.1) is 0 Å². The van der Waals surface area contributed by atoms with Gasteiger partial charge in [0, 0.05) is 18.6 Å². The molecule has 2 aromatic heterocycles. The third-order valence-electron chi connectivity index (χ3n) is 2.68. The standard InChI is InChI=1S/C14H15N3O2/c1-3-12(4-2)19-14(18)11-5-6-13(16-9-11)17-8-7-15-10-17/h3,5-10,12H,1,4H2,2H3. The van der Waals surface area contributed by atoms with Gasteiger partial charge >= 0.3 is 5.97 Å². The number of hydrogen-bond donors (Lipinski definition) is 0. The Morgan fingerprint density at radius 3 is 2.95 bits per heavy atom. The molecule has 0 fully saturated rings. The zero-order chi connectivity index (χ0) is 13.7. The number of pyridine rings is 1. The quantitative estimate of drug-likeness (QED) is 0.609. The largest absolute Gasteiger partial charge is 0.455 e. The zero-order valence-electron chi connectivity index (χ0n) is 10.7. The molecule has 5 heteroatoms. The van der Waals surface area contributed by atoms with Gasteiger partial charge in [-0.05, 0) is 18.6 Å². The van der Waals surface area contributed by atoms with Crippen molar-refractivity contribution in [2.24, 2.45) is 0 Å². The molecule has 0 amide bonds. The van der Waals surface area contributed by atoms with Gasteiger partial charge in [0.15, 0.2) is 0 Å². The first-order valence-corrected chi connectivity index (χ1v) is 6.02. The van der Waals surface area contributed by atoms with E-state index in [1.807, 2.05) is 6.92 Å². The lowest BCUT2D eigenvalue weighted by Gasteiger charge is -2.11. The number of nitrogens with zero attached hydrogens (tertiary/aromatic N) is 3. The van der Waals surface area contributed by atoms with Crippen molar-refractivity contribution in [3.8, 4) is 5.82 Å². The SMILES string of the molecule is C=CC(CC)OC(=O)c1ccc(-n2ccnc2)nc1. The van der Waals surface area contributed by atoms with E-state index in [0.29, 0.717) is 17.8 Å². The van der Waals surface area contributed by atoms with Gasteiger partial charge in [-0.3, -0.25) is 4.57 Å². The van der Waals surface area contributed by atoms with E-state index in [9.17, 15) is 4.79 Å². The molecule has 5 nitrogen and oxygen atoms in total. The van der Waals surface area contributed by atoms with Crippen molar-refractivity contribution in [1.82, 2.24) is 14.5 Å². The van der Waals surface area contributed by atoms with Crippen LogP contribution in [0.25, 0.3) is 5.82 Å². The monoisotopic (exact) mass is 257 g/mol. The number of rotatable bonds is 5. The summed E-state index contributed by atoms with van der Waals surface area (Å²) in [5.41, 5.74) is 0.421. The molecule has 0 N–H and O–H groups in total. The molecule has 2 rings (SSSR count). The molecule has 1 atom stereocenters. The van der Waals surface area contributed by atoms with Crippen LogP contribution in [0.4, 0.5) is 0 Å². The first-order valence-electron chi connectivity index (χ1n) is 6.02. The Morgan fingerprint density at radius 2 is 2.42 bits per heavy atom. The molecule has 0 aliphatic rings. The van der Waals surface area contributed by atoms with E-state index < -0.39 is 5.97 Å². The molecule has 0 aliphatic carbocycles. The molecule has 0 bridgehead atoms. The summed E-state index contributed by atoms with van der Waals surface area (Å²) >= 11 is 0. The number of carbonyl (C=O) groups excluding carboxylic acids is 1. The van der Waals surface area contributed by atoms with Crippen molar-refractivity contribution in [3.05, 3.63) is 55.3 Å². The molecular formula is C14H15N3O2. The highest BCUT2D eigenvalue weighted by Gasteiger charge is 2.12. The highest BCUT2D eigenvalue weighted by atomic mass is 16.5. The van der Waals surface area contributed by atoms with Gasteiger partial charge < -0.3 is 4.74 Å². The summed E-state index contributed by atoms with van der Waals surface area (Å²) in [5.74, 6) is 0.307. The Bertz CT molecular complexity index is 547. The van der Waals surface area contributed by atoms with Crippen molar-refractivity contribution in [2.75, 3.05) is 0 Å². The minimum absolute atomic E-state index is 0.263. The van der Waals surface area contributed by atoms with E-state index in [1.54, 1.807) is 41.5 Å². The molecule has 2 heterocycles. The first kappa shape index (κ1) is 13.0. The number of hydrogen-bond acceptors (Lipinski definition) is 4. The summed E-state index contributed by atoms with van der Waals surface area (Å²) in [4.78, 5) is 20.0. The van der Waals surface area contributed by atoms with Crippen LogP contribution in [0.3, 0.4) is 0 Å². The first-order chi connectivity index (χ1) is 9.24. The number of carbonyl (C=O) groups is 1. The van der Waals surface area contributed by atoms with Crippen molar-refractivity contribution in [2.45, 2.75) is 19.4 Å². The maximum Gasteiger partial charge on any atom is 0.340 e. The molecule has 0 aliphatic heterocycles. The molecule has 0 aromatic carbocycles. The van der Waals surface area contributed by atoms with Crippen LogP contribution < -0.4 is 0 Å². The van der Waals surface area contributed by atoms with Crippen LogP contribution in [0.2, 0.25) is 0 Å². The van der Waals surface area contributed by atoms with Crippen LogP contribution in [0.5, 0.6) is 0 Å². The van der Waals surface area contributed by atoms with E-state index in [1.165, 1.54) is 6.20 Å². The van der Waals surface area contributed by atoms with Crippen LogP contribution >= 0.6 is 0 Å². The lowest BCUT2D eigenvalue weighted by atomic mass is 10.2. The predicted molar refractivity (Wildman–Crippen MR) is 71.1 cm³/mol. The molecule has 0 saturated carbocycles.